The number of rotatable bonds is 3. The van der Waals surface area contributed by atoms with E-state index in [0.29, 0.717) is 29.9 Å². The van der Waals surface area contributed by atoms with Crippen LogP contribution in [0.25, 0.3) is 11.1 Å². The van der Waals surface area contributed by atoms with E-state index in [9.17, 15) is 15.2 Å². The maximum Gasteiger partial charge on any atom is 0.410 e. The summed E-state index contributed by atoms with van der Waals surface area (Å²) in [5.74, 6) is 0. The summed E-state index contributed by atoms with van der Waals surface area (Å²) in [6.07, 6.45) is 2.84. The van der Waals surface area contributed by atoms with Crippen LogP contribution in [0.15, 0.2) is 36.7 Å². The van der Waals surface area contributed by atoms with Crippen molar-refractivity contribution in [1.82, 2.24) is 9.88 Å². The van der Waals surface area contributed by atoms with Gasteiger partial charge < -0.3 is 25.4 Å². The first kappa shape index (κ1) is 22.4. The highest BCUT2D eigenvalue weighted by molar-refractivity contribution is 5.79. The molecule has 2 aromatic rings. The summed E-state index contributed by atoms with van der Waals surface area (Å²) in [6.45, 7) is 8.08. The Kier molecular flexibility index (Phi) is 6.37. The van der Waals surface area contributed by atoms with E-state index in [1.54, 1.807) is 29.4 Å². The van der Waals surface area contributed by atoms with Crippen LogP contribution in [0.5, 0.6) is 0 Å². The number of carbonyl (C=O) groups excluding carboxylic acids is 1. The molecule has 1 aliphatic rings. The molecule has 1 aliphatic heterocycles. The quantitative estimate of drug-likeness (QED) is 0.729. The molecule has 2 atom stereocenters. The highest BCUT2D eigenvalue weighted by atomic mass is 16.6. The fourth-order valence-corrected chi connectivity index (χ4v) is 3.75. The monoisotopic (exact) mass is 423 g/mol. The number of hydrogen-bond acceptors (Lipinski definition) is 7. The van der Waals surface area contributed by atoms with Gasteiger partial charge >= 0.3 is 6.09 Å². The number of amides is 1. The van der Waals surface area contributed by atoms with Gasteiger partial charge in [0.05, 0.1) is 35.7 Å². The van der Waals surface area contributed by atoms with Crippen molar-refractivity contribution in [2.24, 2.45) is 0 Å². The number of hydrogen-bond donors (Lipinski definition) is 2. The van der Waals surface area contributed by atoms with Crippen molar-refractivity contribution >= 4 is 17.5 Å². The zero-order valence-corrected chi connectivity index (χ0v) is 18.4. The lowest BCUT2D eigenvalue weighted by Gasteiger charge is -2.46. The smallest absolute Gasteiger partial charge is 0.410 e. The van der Waals surface area contributed by atoms with Gasteiger partial charge in [0.15, 0.2) is 0 Å². The number of nitrogens with zero attached hydrogens (tertiary/aromatic N) is 4. The molecular weight excluding hydrogens is 394 g/mol. The normalized spacial score (nSPS) is 19.1. The molecule has 31 heavy (non-hydrogen) atoms. The minimum absolute atomic E-state index is 0.145. The van der Waals surface area contributed by atoms with Crippen molar-refractivity contribution < 1.29 is 14.6 Å². The van der Waals surface area contributed by atoms with E-state index in [-0.39, 0.29) is 18.7 Å². The van der Waals surface area contributed by atoms with E-state index in [4.69, 9.17) is 10.5 Å². The number of aliphatic hydroxyl groups is 1. The lowest BCUT2D eigenvalue weighted by molar-refractivity contribution is 0.0103. The van der Waals surface area contributed by atoms with Crippen LogP contribution in [0, 0.1) is 11.3 Å². The van der Waals surface area contributed by atoms with Gasteiger partial charge in [-0.3, -0.25) is 4.98 Å². The van der Waals surface area contributed by atoms with Gasteiger partial charge in [0.1, 0.15) is 5.60 Å². The van der Waals surface area contributed by atoms with Crippen molar-refractivity contribution in [3.8, 4) is 17.2 Å². The molecule has 1 amide bonds. The summed E-state index contributed by atoms with van der Waals surface area (Å²) in [6, 6.07) is 8.92. The van der Waals surface area contributed by atoms with E-state index in [1.807, 2.05) is 44.7 Å². The lowest BCUT2D eigenvalue weighted by Crippen LogP contribution is -2.61. The third-order valence-electron chi connectivity index (χ3n) is 5.27. The van der Waals surface area contributed by atoms with E-state index in [2.05, 4.69) is 11.1 Å². The number of benzene rings is 1. The second-order valence-corrected chi connectivity index (χ2v) is 8.78. The molecule has 0 radical (unpaired) electrons. The third kappa shape index (κ3) is 4.89. The predicted octanol–water partition coefficient (Wildman–Crippen LogP) is 3.01. The van der Waals surface area contributed by atoms with Crippen molar-refractivity contribution in [2.45, 2.75) is 45.4 Å². The van der Waals surface area contributed by atoms with E-state index < -0.39 is 11.7 Å². The molecule has 1 saturated heterocycles. The maximum atomic E-state index is 12.6. The van der Waals surface area contributed by atoms with Crippen LogP contribution >= 0.6 is 0 Å². The largest absolute Gasteiger partial charge is 0.444 e. The van der Waals surface area contributed by atoms with E-state index in [0.717, 1.165) is 11.3 Å². The van der Waals surface area contributed by atoms with Gasteiger partial charge in [-0.05, 0) is 51.5 Å². The summed E-state index contributed by atoms with van der Waals surface area (Å²) in [5, 5.41) is 19.5. The van der Waals surface area contributed by atoms with Gasteiger partial charge in [-0.25, -0.2) is 4.79 Å². The second kappa shape index (κ2) is 8.82. The standard InChI is InChI=1S/C23H29N5O3/c1-15-12-28(18(14-29)13-27(15)22(30)31-23(2,3)4)21-9-16(5-6-20(21)25)19-11-26-8-7-17(19)10-24/h5-9,11,15,18,29H,12-14,25H2,1-4H3/t15-,18-/m0/s1. The first-order valence-corrected chi connectivity index (χ1v) is 10.3. The van der Waals surface area contributed by atoms with E-state index >= 15 is 0 Å². The molecule has 2 heterocycles. The molecule has 1 fully saturated rings. The van der Waals surface area contributed by atoms with Gasteiger partial charge in [0.2, 0.25) is 0 Å². The van der Waals surface area contributed by atoms with Crippen LogP contribution in [0.4, 0.5) is 16.2 Å². The van der Waals surface area contributed by atoms with Gasteiger partial charge in [-0.1, -0.05) is 6.07 Å². The summed E-state index contributed by atoms with van der Waals surface area (Å²) < 4.78 is 5.53. The molecule has 3 N–H and O–H groups in total. The number of aliphatic hydroxyl groups excluding tert-OH is 1. The summed E-state index contributed by atoms with van der Waals surface area (Å²) in [7, 11) is 0. The third-order valence-corrected chi connectivity index (χ3v) is 5.27. The van der Waals surface area contributed by atoms with Gasteiger partial charge in [0.25, 0.3) is 0 Å². The average Bonchev–Trinajstić information content (AvgIpc) is 2.72. The van der Waals surface area contributed by atoms with E-state index in [1.165, 1.54) is 0 Å². The molecule has 1 aromatic heterocycles. The fraction of sp³-hybridized carbons (Fsp3) is 0.435. The second-order valence-electron chi connectivity index (χ2n) is 8.78. The molecule has 0 unspecified atom stereocenters. The summed E-state index contributed by atoms with van der Waals surface area (Å²) in [5.41, 5.74) is 9.06. The topological polar surface area (TPSA) is 116 Å². The Hall–Kier alpha value is -3.31. The molecule has 0 bridgehead atoms. The van der Waals surface area contributed by atoms with Gasteiger partial charge in [-0.15, -0.1) is 0 Å². The van der Waals surface area contributed by atoms with Crippen LogP contribution in [0.3, 0.4) is 0 Å². The molecule has 8 nitrogen and oxygen atoms in total. The Morgan fingerprint density at radius 3 is 2.74 bits per heavy atom. The Morgan fingerprint density at radius 2 is 2.10 bits per heavy atom. The summed E-state index contributed by atoms with van der Waals surface area (Å²) in [4.78, 5) is 20.5. The zero-order chi connectivity index (χ0) is 22.8. The van der Waals surface area contributed by atoms with Gasteiger partial charge in [-0.2, -0.15) is 5.26 Å². The fourth-order valence-electron chi connectivity index (χ4n) is 3.75. The number of piperazine rings is 1. The number of carbonyl (C=O) groups is 1. The highest BCUT2D eigenvalue weighted by Gasteiger charge is 2.36. The SMILES string of the molecule is C[C@H]1CN(c2cc(-c3cnccc3C#N)ccc2N)[C@H](CO)CN1C(=O)OC(C)(C)C. The van der Waals surface area contributed by atoms with Crippen LogP contribution in [-0.2, 0) is 4.74 Å². The Morgan fingerprint density at radius 1 is 1.35 bits per heavy atom. The molecule has 0 spiro atoms. The predicted molar refractivity (Wildman–Crippen MR) is 119 cm³/mol. The number of nitrogen functional groups attached to an aromatic ring is 1. The maximum absolute atomic E-state index is 12.6. The molecule has 0 aliphatic carbocycles. The number of aromatic nitrogens is 1. The van der Waals surface area contributed by atoms with Gasteiger partial charge in [0, 0.05) is 37.1 Å². The number of pyridine rings is 1. The number of nitrogens with two attached hydrogens (primary N) is 1. The first-order valence-electron chi connectivity index (χ1n) is 10.3. The van der Waals surface area contributed by atoms with Crippen LogP contribution < -0.4 is 10.6 Å². The average molecular weight is 424 g/mol. The minimum atomic E-state index is -0.594. The van der Waals surface area contributed by atoms with Crippen LogP contribution in [0.1, 0.15) is 33.3 Å². The van der Waals surface area contributed by atoms with Crippen molar-refractivity contribution in [2.75, 3.05) is 30.3 Å². The Labute approximate surface area is 182 Å². The van der Waals surface area contributed by atoms with Crippen molar-refractivity contribution in [3.63, 3.8) is 0 Å². The molecule has 1 aromatic carbocycles. The molecule has 164 valence electrons. The Balaban J connectivity index is 1.92. The van der Waals surface area contributed by atoms with Crippen LogP contribution in [-0.4, -0.2) is 58.5 Å². The lowest BCUT2D eigenvalue weighted by atomic mass is 9.99. The number of nitriles is 1. The molecule has 3 rings (SSSR count). The number of anilines is 2. The van der Waals surface area contributed by atoms with Crippen LogP contribution in [0.2, 0.25) is 0 Å². The highest BCUT2D eigenvalue weighted by Crippen LogP contribution is 2.34. The molecule has 8 heteroatoms. The Bertz CT molecular complexity index is 995. The van der Waals surface area contributed by atoms with Crippen molar-refractivity contribution in [1.29, 1.82) is 5.26 Å². The minimum Gasteiger partial charge on any atom is -0.444 e. The molecular formula is C23H29N5O3. The first-order chi connectivity index (χ1) is 14.6. The zero-order valence-electron chi connectivity index (χ0n) is 18.4. The summed E-state index contributed by atoms with van der Waals surface area (Å²) >= 11 is 0. The molecule has 0 saturated carbocycles. The number of ether oxygens (including phenoxy) is 1. The van der Waals surface area contributed by atoms with Crippen molar-refractivity contribution in [3.05, 3.63) is 42.2 Å².